The van der Waals surface area contributed by atoms with Crippen molar-refractivity contribution in [1.29, 1.82) is 0 Å². The Labute approximate surface area is 682 Å². The summed E-state index contributed by atoms with van der Waals surface area (Å²) in [7, 11) is 4.55. The predicted molar refractivity (Wildman–Crippen MR) is 435 cm³/mol. The number of aliphatic hydroxyl groups excluding tert-OH is 2. The molecule has 5 aromatic rings. The molecule has 12 atom stereocenters. The third kappa shape index (κ3) is 29.1. The van der Waals surface area contributed by atoms with E-state index >= 15 is 0 Å². The second-order valence-corrected chi connectivity index (χ2v) is 29.7. The molecule has 0 saturated carbocycles. The van der Waals surface area contributed by atoms with Gasteiger partial charge in [-0.3, -0.25) is 67.3 Å². The Morgan fingerprint density at radius 3 is 1.76 bits per heavy atom. The molecule has 39 heteroatoms. The maximum atomic E-state index is 14.7. The normalized spacial score (nSPS) is 19.5. The number of hydrogen-bond acceptors (Lipinski definition) is 24. The van der Waals surface area contributed by atoms with E-state index in [1.165, 1.54) is 47.3 Å². The molecule has 6 rings (SSSR count). The van der Waals surface area contributed by atoms with Crippen molar-refractivity contribution in [2.45, 2.75) is 174 Å². The van der Waals surface area contributed by atoms with Crippen molar-refractivity contribution < 1.29 is 77.3 Å². The fraction of sp³-hybridized carbons (Fsp3) is 0.487. The van der Waals surface area contributed by atoms with E-state index in [2.05, 4.69) is 68.8 Å². The number of aromatic nitrogens is 3. The van der Waals surface area contributed by atoms with Crippen LogP contribution in [-0.4, -0.2) is 264 Å². The van der Waals surface area contributed by atoms with Gasteiger partial charge < -0.3 is 112 Å². The Morgan fingerprint density at radius 2 is 1.17 bits per heavy atom. The van der Waals surface area contributed by atoms with E-state index < -0.39 is 169 Å². The Morgan fingerprint density at radius 1 is 0.607 bits per heavy atom. The van der Waals surface area contributed by atoms with Crippen molar-refractivity contribution in [2.75, 3.05) is 73.5 Å². The number of carbonyl (C=O) groups excluding carboxylic acids is 14. The van der Waals surface area contributed by atoms with E-state index in [1.807, 2.05) is 36.4 Å². The number of nitrogens with one attached hydrogen (secondary N) is 12. The van der Waals surface area contributed by atoms with Gasteiger partial charge in [0.15, 0.2) is 0 Å². The van der Waals surface area contributed by atoms with E-state index in [0.29, 0.717) is 43.2 Å². The number of pyridine rings is 1. The van der Waals surface area contributed by atoms with E-state index in [-0.39, 0.29) is 109 Å². The van der Waals surface area contributed by atoms with Crippen molar-refractivity contribution in [1.82, 2.24) is 88.4 Å². The van der Waals surface area contributed by atoms with E-state index in [9.17, 15) is 77.3 Å². The first-order valence-electron chi connectivity index (χ1n) is 38.7. The third-order valence-electron chi connectivity index (χ3n) is 18.8. The van der Waals surface area contributed by atoms with Gasteiger partial charge in [-0.05, 0) is 158 Å². The van der Waals surface area contributed by atoms with Crippen LogP contribution < -0.4 is 92.5 Å². The lowest BCUT2D eigenvalue weighted by atomic mass is 10.00. The SMILES string of the molecule is CNC(=O)c1ccccc1Sc1ccc2c(/C=C/c3ccccn3)nn(C(=O)N(C)CCN(C)C(=O)CCC(=O)N[C@@H](CCN)C(=O)N[C@H](C(=O)N[C@@H](CCN)C(=O)N[C@H]3CCNC(=O)[C@H]([C@@H](C)O)NC(=O)[C@H](CCN)NC(=O)[C@H](CCN)NC(=O)[C@H](CC(C)C)NC(=O)[C@@H](Cc4ccccc4)NC(=O)[C@H](CCN)NC3=O)[C@@H](C)O)c2c1. The molecule has 117 heavy (non-hydrogen) atoms. The molecule has 2 aromatic heterocycles. The van der Waals surface area contributed by atoms with Gasteiger partial charge in [0.1, 0.15) is 60.4 Å². The number of likely N-dealkylation sites (N-methyl/N-ethyl adjacent to an activating group) is 2. The van der Waals surface area contributed by atoms with Crippen LogP contribution in [-0.2, 0) is 64.0 Å². The highest BCUT2D eigenvalue weighted by Gasteiger charge is 2.38. The first-order chi connectivity index (χ1) is 55.8. The predicted octanol–water partition coefficient (Wildman–Crippen LogP) is -3.59. The summed E-state index contributed by atoms with van der Waals surface area (Å²) in [6.07, 6.45) is -0.844. The highest BCUT2D eigenvalue weighted by atomic mass is 32.2. The van der Waals surface area contributed by atoms with Crippen molar-refractivity contribution in [3.8, 4) is 0 Å². The van der Waals surface area contributed by atoms with Gasteiger partial charge in [-0.15, -0.1) is 0 Å². The molecule has 0 radical (unpaired) electrons. The summed E-state index contributed by atoms with van der Waals surface area (Å²) >= 11 is 1.33. The van der Waals surface area contributed by atoms with Crippen LogP contribution in [0.3, 0.4) is 0 Å². The summed E-state index contributed by atoms with van der Waals surface area (Å²) in [5.74, 6) is -11.7. The van der Waals surface area contributed by atoms with E-state index in [1.54, 1.807) is 93.8 Å². The van der Waals surface area contributed by atoms with Crippen LogP contribution in [0, 0.1) is 5.92 Å². The summed E-state index contributed by atoms with van der Waals surface area (Å²) < 4.78 is 1.25. The third-order valence-corrected chi connectivity index (χ3v) is 19.9. The minimum Gasteiger partial charge on any atom is -0.391 e. The Hall–Kier alpha value is -11.3. The maximum absolute atomic E-state index is 14.7. The number of amides is 14. The number of rotatable bonds is 34. The fourth-order valence-corrected chi connectivity index (χ4v) is 13.3. The Bertz CT molecular complexity index is 4270. The van der Waals surface area contributed by atoms with Crippen LogP contribution in [0.25, 0.3) is 23.1 Å². The standard InChI is InChI=1S/C78H112N22O16S/c1-44(2)41-59-74(112)90-54(27-33-80)68(106)89-57(30-36-83)73(111)95-65(45(3)101)76(114)86-38-31-58(71(109)88-55(28-34-81)70(108)94-60(75(113)93-59)42-47-15-9-8-10-16-47)91-69(107)56(29-35-82)92-77(115)66(46(4)102)96-72(110)53(26-32-79)87-63(103)24-25-64(104)98(6)39-40-99(7)78(116)100-61-43-49(117-62-19-12-11-18-51(62)67(105)84-5)21-22-50(61)52(97-100)23-20-48-17-13-14-37-85-48/h8-23,37,43-46,53-60,65-66,101-102H,24-36,38-42,79-83H2,1-7H3,(H,84,105)(H,86,114)(H,87,103)(H,88,109)(H,89,106)(H,90,112)(H,91,107)(H,92,115)(H,93,113)(H,94,108)(H,95,111)(H,96,110)/b23-20+/t45-,46-,53+,54+,55+,56+,57+,58+,59+,60-,65+,66+/m1/s1. The molecule has 0 bridgehead atoms. The molecule has 0 spiro atoms. The fourth-order valence-electron chi connectivity index (χ4n) is 12.3. The molecular formula is C78H112N22O16S. The molecule has 1 aliphatic heterocycles. The zero-order valence-electron chi connectivity index (χ0n) is 66.8. The van der Waals surface area contributed by atoms with Gasteiger partial charge in [-0.1, -0.05) is 74.1 Å². The largest absolute Gasteiger partial charge is 0.391 e. The van der Waals surface area contributed by atoms with Crippen molar-refractivity contribution in [3.63, 3.8) is 0 Å². The van der Waals surface area contributed by atoms with Crippen LogP contribution in [0.15, 0.2) is 107 Å². The summed E-state index contributed by atoms with van der Waals surface area (Å²) in [5, 5.41) is 57.8. The molecule has 1 fully saturated rings. The first kappa shape index (κ1) is 94.5. The molecular weight excluding hydrogens is 1530 g/mol. The van der Waals surface area contributed by atoms with Crippen LogP contribution in [0.1, 0.15) is 113 Å². The van der Waals surface area contributed by atoms with Gasteiger partial charge in [0.05, 0.1) is 34.7 Å². The van der Waals surface area contributed by atoms with Crippen LogP contribution in [0.5, 0.6) is 0 Å². The molecule has 14 amide bonds. The average molecular weight is 1650 g/mol. The molecule has 1 aliphatic rings. The molecule has 0 aliphatic carbocycles. The highest BCUT2D eigenvalue weighted by molar-refractivity contribution is 7.99. The molecule has 3 heterocycles. The lowest BCUT2D eigenvalue weighted by Gasteiger charge is -2.29. The number of nitrogens with zero attached hydrogens (tertiary/aromatic N) is 5. The number of hydrogen-bond donors (Lipinski definition) is 19. The molecule has 0 unspecified atom stereocenters. The van der Waals surface area contributed by atoms with Crippen molar-refractivity contribution in [2.24, 2.45) is 34.6 Å². The Kier molecular flexibility index (Phi) is 38.5. The lowest BCUT2D eigenvalue weighted by molar-refractivity contribution is -0.137. The number of benzene rings is 3. The summed E-state index contributed by atoms with van der Waals surface area (Å²) in [6.45, 7) is 4.32. The molecule has 1 saturated heterocycles. The number of carbonyl (C=O) groups is 14. The topological polar surface area (TPSA) is 591 Å². The van der Waals surface area contributed by atoms with Crippen LogP contribution in [0.2, 0.25) is 0 Å². The smallest absolute Gasteiger partial charge is 0.345 e. The first-order valence-corrected chi connectivity index (χ1v) is 39.5. The zero-order valence-corrected chi connectivity index (χ0v) is 67.6. The van der Waals surface area contributed by atoms with Crippen molar-refractivity contribution in [3.05, 3.63) is 120 Å². The summed E-state index contributed by atoms with van der Waals surface area (Å²) in [5.41, 5.74) is 32.2. The summed E-state index contributed by atoms with van der Waals surface area (Å²) in [4.78, 5) is 206. The number of aliphatic hydroxyl groups is 2. The van der Waals surface area contributed by atoms with Crippen molar-refractivity contribution >= 4 is 118 Å². The molecule has 24 N–H and O–H groups in total. The minimum atomic E-state index is -1.85. The maximum Gasteiger partial charge on any atom is 0.345 e. The number of fused-ring (bicyclic) bond motifs is 1. The Balaban J connectivity index is 1.16. The zero-order chi connectivity index (χ0) is 86.0. The van der Waals surface area contributed by atoms with Gasteiger partial charge >= 0.3 is 6.03 Å². The van der Waals surface area contributed by atoms with Gasteiger partial charge in [-0.25, -0.2) is 4.79 Å². The van der Waals surface area contributed by atoms with Gasteiger partial charge in [-0.2, -0.15) is 9.78 Å². The second-order valence-electron chi connectivity index (χ2n) is 28.5. The molecule has 3 aromatic carbocycles. The molecule has 636 valence electrons. The average Bonchev–Trinajstić information content (AvgIpc) is 1.63. The van der Waals surface area contributed by atoms with E-state index in [4.69, 9.17) is 33.8 Å². The number of nitrogens with two attached hydrogens (primary N) is 5. The minimum absolute atomic E-state index is 0.00490. The quantitative estimate of drug-likeness (QED) is 0.0189. The van der Waals surface area contributed by atoms with Gasteiger partial charge in [0.25, 0.3) is 5.91 Å². The molecule has 38 nitrogen and oxygen atoms in total. The van der Waals surface area contributed by atoms with Crippen LogP contribution >= 0.6 is 11.8 Å². The highest BCUT2D eigenvalue weighted by Crippen LogP contribution is 2.34. The lowest BCUT2D eigenvalue weighted by Crippen LogP contribution is -2.62. The van der Waals surface area contributed by atoms with Gasteiger partial charge in [0, 0.05) is 81.4 Å². The monoisotopic (exact) mass is 1640 g/mol. The van der Waals surface area contributed by atoms with Gasteiger partial charge in [0.2, 0.25) is 70.9 Å². The summed E-state index contributed by atoms with van der Waals surface area (Å²) in [6, 6.07) is 10.3. The van der Waals surface area contributed by atoms with Crippen LogP contribution in [0.4, 0.5) is 4.79 Å². The van der Waals surface area contributed by atoms with E-state index in [0.717, 1.165) is 6.92 Å². The second kappa shape index (κ2) is 47.6.